The molecule has 1 fully saturated rings. The second kappa shape index (κ2) is 5.74. The number of anilines is 2. The first kappa shape index (κ1) is 12.7. The number of nitrogen functional groups attached to an aromatic ring is 1. The van der Waals surface area contributed by atoms with Crippen LogP contribution in [0.15, 0.2) is 0 Å². The van der Waals surface area contributed by atoms with E-state index in [4.69, 9.17) is 12.2 Å². The van der Waals surface area contributed by atoms with Gasteiger partial charge in [-0.2, -0.15) is 0 Å². The van der Waals surface area contributed by atoms with Crippen LogP contribution < -0.4 is 16.4 Å². The molecule has 1 aromatic rings. The van der Waals surface area contributed by atoms with Gasteiger partial charge in [-0.05, 0) is 19.3 Å². The van der Waals surface area contributed by atoms with E-state index < -0.39 is 0 Å². The molecule has 0 atom stereocenters. The molecule has 4 N–H and O–H groups in total. The summed E-state index contributed by atoms with van der Waals surface area (Å²) in [5.74, 6) is 2.54. The van der Waals surface area contributed by atoms with Gasteiger partial charge in [0.1, 0.15) is 10.7 Å². The van der Waals surface area contributed by atoms with Crippen LogP contribution in [0.2, 0.25) is 0 Å². The Kier molecular flexibility index (Phi) is 4.05. The average Bonchev–Trinajstić information content (AvgIpc) is 2.65. The van der Waals surface area contributed by atoms with E-state index in [1.54, 1.807) is 0 Å². The minimum atomic E-state index is -0.207. The average molecular weight is 264 g/mol. The van der Waals surface area contributed by atoms with Gasteiger partial charge in [0, 0.05) is 19.0 Å². The first-order chi connectivity index (χ1) is 8.70. The molecule has 5 nitrogen and oxygen atoms in total. The maximum absolute atomic E-state index is 11.8. The van der Waals surface area contributed by atoms with Crippen molar-refractivity contribution < 1.29 is 4.79 Å². The fourth-order valence-corrected chi connectivity index (χ4v) is 2.49. The third-order valence-electron chi connectivity index (χ3n) is 2.85. The monoisotopic (exact) mass is 264 g/mol. The lowest BCUT2D eigenvalue weighted by Gasteiger charge is -2.25. The molecule has 6 heteroatoms. The van der Waals surface area contributed by atoms with Crippen LogP contribution in [-0.2, 0) is 0 Å². The predicted molar refractivity (Wildman–Crippen MR) is 73.6 cm³/mol. The molecule has 0 bridgehead atoms. The van der Waals surface area contributed by atoms with E-state index >= 15 is 0 Å². The van der Waals surface area contributed by atoms with Crippen molar-refractivity contribution in [2.45, 2.75) is 31.7 Å². The number of carbonyl (C=O) groups excluding carboxylic acids is 1. The quantitative estimate of drug-likeness (QED) is 0.555. The van der Waals surface area contributed by atoms with E-state index in [0.717, 1.165) is 18.0 Å². The number of nitrogens with zero attached hydrogens (tertiary/aromatic N) is 1. The SMILES string of the molecule is C#CCCNC(=O)c1sc(NC2CCC2)nc1N. The number of hydrogen-bond donors (Lipinski definition) is 3. The summed E-state index contributed by atoms with van der Waals surface area (Å²) in [7, 11) is 0. The lowest BCUT2D eigenvalue weighted by molar-refractivity contribution is 0.0959. The zero-order chi connectivity index (χ0) is 13.0. The first-order valence-electron chi connectivity index (χ1n) is 5.95. The molecule has 1 aliphatic carbocycles. The van der Waals surface area contributed by atoms with Crippen molar-refractivity contribution in [1.82, 2.24) is 10.3 Å². The summed E-state index contributed by atoms with van der Waals surface area (Å²) in [5, 5.41) is 6.71. The third-order valence-corrected chi connectivity index (χ3v) is 3.85. The summed E-state index contributed by atoms with van der Waals surface area (Å²) in [6.45, 7) is 0.456. The Hall–Kier alpha value is -1.74. The minimum absolute atomic E-state index is 0.207. The molecule has 1 saturated carbocycles. The summed E-state index contributed by atoms with van der Waals surface area (Å²) in [6, 6.07) is 0.480. The minimum Gasteiger partial charge on any atom is -0.382 e. The van der Waals surface area contributed by atoms with Gasteiger partial charge in [-0.1, -0.05) is 11.3 Å². The van der Waals surface area contributed by atoms with Gasteiger partial charge in [0.25, 0.3) is 5.91 Å². The van der Waals surface area contributed by atoms with E-state index in [1.807, 2.05) is 0 Å². The van der Waals surface area contributed by atoms with Crippen molar-refractivity contribution >= 4 is 28.2 Å². The number of nitrogens with one attached hydrogen (secondary N) is 2. The van der Waals surface area contributed by atoms with Gasteiger partial charge < -0.3 is 16.4 Å². The van der Waals surface area contributed by atoms with Crippen LogP contribution >= 0.6 is 11.3 Å². The van der Waals surface area contributed by atoms with Crippen LogP contribution in [0, 0.1) is 12.3 Å². The molecule has 1 aromatic heterocycles. The highest BCUT2D eigenvalue weighted by Crippen LogP contribution is 2.29. The van der Waals surface area contributed by atoms with Crippen molar-refractivity contribution in [3.63, 3.8) is 0 Å². The number of rotatable bonds is 5. The zero-order valence-electron chi connectivity index (χ0n) is 10.0. The van der Waals surface area contributed by atoms with Crippen molar-refractivity contribution in [2.24, 2.45) is 0 Å². The maximum Gasteiger partial charge on any atom is 0.265 e. The maximum atomic E-state index is 11.8. The Labute approximate surface area is 110 Å². The lowest BCUT2D eigenvalue weighted by Crippen LogP contribution is -2.26. The van der Waals surface area contributed by atoms with E-state index in [1.165, 1.54) is 17.8 Å². The molecule has 1 heterocycles. The van der Waals surface area contributed by atoms with Crippen LogP contribution in [0.4, 0.5) is 10.9 Å². The number of amides is 1. The molecule has 0 saturated heterocycles. The van der Waals surface area contributed by atoms with Crippen LogP contribution in [0.25, 0.3) is 0 Å². The molecule has 0 aliphatic heterocycles. The number of carbonyl (C=O) groups is 1. The normalized spacial score (nSPS) is 14.6. The van der Waals surface area contributed by atoms with Gasteiger partial charge in [0.05, 0.1) is 0 Å². The van der Waals surface area contributed by atoms with E-state index in [-0.39, 0.29) is 11.7 Å². The molecule has 0 spiro atoms. The largest absolute Gasteiger partial charge is 0.382 e. The molecule has 18 heavy (non-hydrogen) atoms. The predicted octanol–water partition coefficient (Wildman–Crippen LogP) is 1.44. The smallest absolute Gasteiger partial charge is 0.265 e. The third kappa shape index (κ3) is 2.93. The van der Waals surface area contributed by atoms with E-state index in [0.29, 0.717) is 23.9 Å². The van der Waals surface area contributed by atoms with Crippen molar-refractivity contribution in [3.8, 4) is 12.3 Å². The van der Waals surface area contributed by atoms with Crippen LogP contribution in [0.1, 0.15) is 35.4 Å². The summed E-state index contributed by atoms with van der Waals surface area (Å²) < 4.78 is 0. The molecule has 0 unspecified atom stereocenters. The van der Waals surface area contributed by atoms with Crippen LogP contribution in [0.5, 0.6) is 0 Å². The second-order valence-electron chi connectivity index (χ2n) is 4.22. The molecule has 2 rings (SSSR count). The summed E-state index contributed by atoms with van der Waals surface area (Å²) >= 11 is 1.29. The molecule has 0 aromatic carbocycles. The Bertz CT molecular complexity index is 473. The highest BCUT2D eigenvalue weighted by Gasteiger charge is 2.21. The standard InChI is InChI=1S/C12H16N4OS/c1-2-3-7-14-11(17)9-10(13)16-12(18-9)15-8-5-4-6-8/h1,8H,3-7,13H2,(H,14,17)(H,15,16). The van der Waals surface area contributed by atoms with E-state index in [9.17, 15) is 4.79 Å². The summed E-state index contributed by atoms with van der Waals surface area (Å²) in [5.41, 5.74) is 5.74. The molecule has 96 valence electrons. The van der Waals surface area contributed by atoms with Crippen LogP contribution in [-0.4, -0.2) is 23.5 Å². The highest BCUT2D eigenvalue weighted by atomic mass is 32.1. The molecular formula is C12H16N4OS. The Morgan fingerprint density at radius 1 is 1.61 bits per heavy atom. The van der Waals surface area contributed by atoms with E-state index in [2.05, 4.69) is 21.5 Å². The Morgan fingerprint density at radius 2 is 2.39 bits per heavy atom. The molecular weight excluding hydrogens is 248 g/mol. The molecule has 1 amide bonds. The first-order valence-corrected chi connectivity index (χ1v) is 6.77. The number of nitrogens with two attached hydrogens (primary N) is 1. The molecule has 0 radical (unpaired) electrons. The van der Waals surface area contributed by atoms with Gasteiger partial charge in [0.15, 0.2) is 5.13 Å². The van der Waals surface area contributed by atoms with Gasteiger partial charge in [0.2, 0.25) is 0 Å². The fourth-order valence-electron chi connectivity index (χ4n) is 1.61. The number of thiazole rings is 1. The summed E-state index contributed by atoms with van der Waals surface area (Å²) in [6.07, 6.45) is 9.19. The summed E-state index contributed by atoms with van der Waals surface area (Å²) in [4.78, 5) is 16.4. The number of terminal acetylenes is 1. The fraction of sp³-hybridized carbons (Fsp3) is 0.500. The number of aromatic nitrogens is 1. The van der Waals surface area contributed by atoms with Gasteiger partial charge >= 0.3 is 0 Å². The van der Waals surface area contributed by atoms with Crippen LogP contribution in [0.3, 0.4) is 0 Å². The number of hydrogen-bond acceptors (Lipinski definition) is 5. The topological polar surface area (TPSA) is 80.0 Å². The molecule has 1 aliphatic rings. The van der Waals surface area contributed by atoms with Gasteiger partial charge in [-0.3, -0.25) is 4.79 Å². The van der Waals surface area contributed by atoms with Gasteiger partial charge in [-0.15, -0.1) is 12.3 Å². The Morgan fingerprint density at radius 3 is 3.00 bits per heavy atom. The second-order valence-corrected chi connectivity index (χ2v) is 5.21. The highest BCUT2D eigenvalue weighted by molar-refractivity contribution is 7.18. The van der Waals surface area contributed by atoms with Gasteiger partial charge in [-0.25, -0.2) is 4.98 Å². The zero-order valence-corrected chi connectivity index (χ0v) is 10.8. The van der Waals surface area contributed by atoms with Crippen molar-refractivity contribution in [1.29, 1.82) is 0 Å². The van der Waals surface area contributed by atoms with Crippen molar-refractivity contribution in [3.05, 3.63) is 4.88 Å². The lowest BCUT2D eigenvalue weighted by atomic mass is 9.93. The van der Waals surface area contributed by atoms with Crippen molar-refractivity contribution in [2.75, 3.05) is 17.6 Å². The Balaban J connectivity index is 1.95.